The molecule has 1 aliphatic rings. The predicted molar refractivity (Wildman–Crippen MR) is 132 cm³/mol. The topological polar surface area (TPSA) is 152 Å². The Hall–Kier alpha value is -3.75. The molecule has 0 amide bonds. The van der Waals surface area contributed by atoms with Crippen molar-refractivity contribution in [1.82, 2.24) is 19.8 Å². The third-order valence-corrected chi connectivity index (χ3v) is 7.16. The molecule has 0 radical (unpaired) electrons. The van der Waals surface area contributed by atoms with E-state index >= 15 is 0 Å². The number of hydrazine groups is 1. The highest BCUT2D eigenvalue weighted by atomic mass is 32.2. The van der Waals surface area contributed by atoms with Crippen molar-refractivity contribution < 1.29 is 37.3 Å². The molecule has 194 valence electrons. The molecule has 0 atom stereocenters. The SMILES string of the molecule is COCc1c(OC(=O)O)ncc2[nH]c3ccc(Oc4ccc(S(=O)(=O)NN5CCOCC5)cc4)cc3c12. The van der Waals surface area contributed by atoms with Crippen molar-refractivity contribution in [2.24, 2.45) is 0 Å². The maximum atomic E-state index is 12.7. The molecule has 0 unspecified atom stereocenters. The van der Waals surface area contributed by atoms with Crippen molar-refractivity contribution in [3.05, 3.63) is 54.2 Å². The van der Waals surface area contributed by atoms with E-state index in [1.54, 1.807) is 29.3 Å². The van der Waals surface area contributed by atoms with Crippen LogP contribution in [0.4, 0.5) is 4.79 Å². The molecule has 0 bridgehead atoms. The second-order valence-electron chi connectivity index (χ2n) is 8.23. The van der Waals surface area contributed by atoms with Crippen LogP contribution in [0.2, 0.25) is 0 Å². The van der Waals surface area contributed by atoms with E-state index in [9.17, 15) is 13.2 Å². The predicted octanol–water partition coefficient (Wildman–Crippen LogP) is 3.24. The maximum absolute atomic E-state index is 12.7. The molecule has 12 nitrogen and oxygen atoms in total. The van der Waals surface area contributed by atoms with Gasteiger partial charge in [0.25, 0.3) is 10.0 Å². The lowest BCUT2D eigenvalue weighted by Crippen LogP contribution is -2.48. The average molecular weight is 529 g/mol. The van der Waals surface area contributed by atoms with E-state index in [1.165, 1.54) is 25.4 Å². The molecule has 2 aromatic carbocycles. The number of pyridine rings is 1. The summed E-state index contributed by atoms with van der Waals surface area (Å²) >= 11 is 0. The number of morpholine rings is 1. The first-order valence-corrected chi connectivity index (χ1v) is 12.8. The molecular weight excluding hydrogens is 504 g/mol. The summed E-state index contributed by atoms with van der Waals surface area (Å²) in [5.41, 5.74) is 1.94. The summed E-state index contributed by atoms with van der Waals surface area (Å²) in [4.78, 5) is 21.2. The van der Waals surface area contributed by atoms with Gasteiger partial charge in [-0.1, -0.05) is 0 Å². The van der Waals surface area contributed by atoms with E-state index < -0.39 is 16.2 Å². The smallest absolute Gasteiger partial charge is 0.457 e. The van der Waals surface area contributed by atoms with Gasteiger partial charge in [0.05, 0.1) is 42.0 Å². The number of sulfonamides is 1. The fourth-order valence-corrected chi connectivity index (χ4v) is 5.26. The van der Waals surface area contributed by atoms with Crippen LogP contribution >= 0.6 is 0 Å². The van der Waals surface area contributed by atoms with E-state index in [2.05, 4.69) is 14.8 Å². The molecule has 5 rings (SSSR count). The third-order valence-electron chi connectivity index (χ3n) is 5.77. The minimum atomic E-state index is -3.73. The van der Waals surface area contributed by atoms with Gasteiger partial charge in [0, 0.05) is 36.5 Å². The van der Waals surface area contributed by atoms with E-state index in [-0.39, 0.29) is 17.4 Å². The number of ether oxygens (including phenoxy) is 4. The van der Waals surface area contributed by atoms with E-state index in [1.807, 2.05) is 6.07 Å². The first-order valence-electron chi connectivity index (χ1n) is 11.3. The fraction of sp³-hybridized carbons (Fsp3) is 0.250. The lowest BCUT2D eigenvalue weighted by Gasteiger charge is -2.26. The summed E-state index contributed by atoms with van der Waals surface area (Å²) in [7, 11) is -2.24. The zero-order valence-corrected chi connectivity index (χ0v) is 20.6. The minimum absolute atomic E-state index is 0.0587. The number of methoxy groups -OCH3 is 1. The summed E-state index contributed by atoms with van der Waals surface area (Å²) in [6, 6.07) is 11.5. The van der Waals surface area contributed by atoms with Crippen LogP contribution in [-0.4, -0.2) is 68.1 Å². The van der Waals surface area contributed by atoms with Crippen LogP contribution in [-0.2, 0) is 26.1 Å². The number of aromatic amines is 1. The van der Waals surface area contributed by atoms with Crippen molar-refractivity contribution in [1.29, 1.82) is 0 Å². The number of H-pyrrole nitrogens is 1. The zero-order valence-electron chi connectivity index (χ0n) is 19.8. The summed E-state index contributed by atoms with van der Waals surface area (Å²) in [5, 5.41) is 12.1. The quantitative estimate of drug-likeness (QED) is 0.291. The second-order valence-corrected chi connectivity index (χ2v) is 9.89. The molecule has 4 aromatic rings. The van der Waals surface area contributed by atoms with E-state index in [4.69, 9.17) is 24.1 Å². The number of nitrogens with one attached hydrogen (secondary N) is 2. The number of rotatable bonds is 8. The molecule has 2 aromatic heterocycles. The van der Waals surface area contributed by atoms with Crippen molar-refractivity contribution in [3.8, 4) is 17.4 Å². The summed E-state index contributed by atoms with van der Waals surface area (Å²) in [6.07, 6.45) is 0.0240. The standard InChI is InChI=1S/C24H24N4O8S/c1-33-14-19-22-18-12-16(4-7-20(18)26-21(22)13-25-23(19)36-24(29)30)35-15-2-5-17(6-3-15)37(31,32)27-28-8-10-34-11-9-28/h2-7,12-13,26-27H,8-11,14H2,1H3,(H,29,30). The van der Waals surface area contributed by atoms with Crippen LogP contribution in [0.15, 0.2) is 53.6 Å². The number of benzene rings is 2. The summed E-state index contributed by atoms with van der Waals surface area (Å²) in [6.45, 7) is 1.96. The number of fused-ring (bicyclic) bond motifs is 3. The molecule has 13 heteroatoms. The largest absolute Gasteiger partial charge is 0.512 e. The summed E-state index contributed by atoms with van der Waals surface area (Å²) < 4.78 is 46.7. The fourth-order valence-electron chi connectivity index (χ4n) is 4.13. The Labute approximate surface area is 211 Å². The maximum Gasteiger partial charge on any atom is 0.512 e. The molecule has 37 heavy (non-hydrogen) atoms. The lowest BCUT2D eigenvalue weighted by molar-refractivity contribution is 0.0272. The first kappa shape index (κ1) is 24.9. The van der Waals surface area contributed by atoms with Crippen LogP contribution in [0.3, 0.4) is 0 Å². The number of carbonyl (C=O) groups is 1. The molecule has 1 fully saturated rings. The minimum Gasteiger partial charge on any atom is -0.457 e. The van der Waals surface area contributed by atoms with Crippen molar-refractivity contribution in [2.75, 3.05) is 33.4 Å². The monoisotopic (exact) mass is 528 g/mol. The number of aromatic nitrogens is 2. The molecule has 1 aliphatic heterocycles. The number of nitrogens with zero attached hydrogens (tertiary/aromatic N) is 2. The van der Waals surface area contributed by atoms with Gasteiger partial charge in [-0.15, -0.1) is 4.83 Å². The Bertz CT molecular complexity index is 1550. The van der Waals surface area contributed by atoms with Gasteiger partial charge in [-0.25, -0.2) is 23.2 Å². The Kier molecular flexibility index (Phi) is 6.95. The molecule has 0 saturated carbocycles. The highest BCUT2D eigenvalue weighted by Gasteiger charge is 2.21. The van der Waals surface area contributed by atoms with Crippen LogP contribution in [0, 0.1) is 0 Å². The van der Waals surface area contributed by atoms with Crippen LogP contribution in [0.1, 0.15) is 5.56 Å². The highest BCUT2D eigenvalue weighted by molar-refractivity contribution is 7.89. The zero-order chi connectivity index (χ0) is 26.0. The Morgan fingerprint density at radius 3 is 2.57 bits per heavy atom. The lowest BCUT2D eigenvalue weighted by atomic mass is 10.1. The van der Waals surface area contributed by atoms with Crippen LogP contribution in [0.5, 0.6) is 17.4 Å². The molecule has 3 N–H and O–H groups in total. The third kappa shape index (κ3) is 5.35. The van der Waals surface area contributed by atoms with Gasteiger partial charge in [-0.3, -0.25) is 0 Å². The van der Waals surface area contributed by atoms with E-state index in [0.29, 0.717) is 54.3 Å². The molecule has 0 spiro atoms. The molecule has 1 saturated heterocycles. The normalized spacial score (nSPS) is 14.7. The van der Waals surface area contributed by atoms with Crippen molar-refractivity contribution >= 4 is 38.0 Å². The van der Waals surface area contributed by atoms with E-state index in [0.717, 1.165) is 10.9 Å². The van der Waals surface area contributed by atoms with Gasteiger partial charge in [-0.05, 0) is 42.5 Å². The second kappa shape index (κ2) is 10.3. The van der Waals surface area contributed by atoms with Crippen molar-refractivity contribution in [2.45, 2.75) is 11.5 Å². The van der Waals surface area contributed by atoms with Gasteiger partial charge in [0.1, 0.15) is 11.5 Å². The number of hydrogen-bond acceptors (Lipinski definition) is 9. The van der Waals surface area contributed by atoms with Crippen LogP contribution in [0.25, 0.3) is 21.8 Å². The van der Waals surface area contributed by atoms with Gasteiger partial charge < -0.3 is 29.0 Å². The number of carboxylic acid groups (broad SMARTS) is 1. The molecule has 0 aliphatic carbocycles. The molecule has 3 heterocycles. The van der Waals surface area contributed by atoms with Gasteiger partial charge in [-0.2, -0.15) is 0 Å². The highest BCUT2D eigenvalue weighted by Crippen LogP contribution is 2.36. The van der Waals surface area contributed by atoms with Gasteiger partial charge in [0.15, 0.2) is 0 Å². The van der Waals surface area contributed by atoms with Gasteiger partial charge >= 0.3 is 6.16 Å². The van der Waals surface area contributed by atoms with Crippen molar-refractivity contribution in [3.63, 3.8) is 0 Å². The number of hydrogen-bond donors (Lipinski definition) is 3. The first-order chi connectivity index (χ1) is 17.8. The average Bonchev–Trinajstić information content (AvgIpc) is 3.24. The Morgan fingerprint density at radius 1 is 1.14 bits per heavy atom. The van der Waals surface area contributed by atoms with Crippen LogP contribution < -0.4 is 14.3 Å². The molecular formula is C24H24N4O8S. The Balaban J connectivity index is 1.42. The summed E-state index contributed by atoms with van der Waals surface area (Å²) in [5.74, 6) is 0.881. The van der Waals surface area contributed by atoms with Gasteiger partial charge in [0.2, 0.25) is 5.88 Å². The Morgan fingerprint density at radius 2 is 1.86 bits per heavy atom.